The largest absolute Gasteiger partial charge is 0.265 e. The molecule has 1 aromatic heterocycles. The molecule has 0 aliphatic rings. The molecule has 0 aliphatic carbocycles. The van der Waals surface area contributed by atoms with E-state index in [-0.39, 0.29) is 37.7 Å². The van der Waals surface area contributed by atoms with Gasteiger partial charge in [0.25, 0.3) is 0 Å². The minimum Gasteiger partial charge on any atom is -0.265 e. The van der Waals surface area contributed by atoms with Gasteiger partial charge in [-0.15, -0.1) is 0 Å². The summed E-state index contributed by atoms with van der Waals surface area (Å²) in [5, 5.41) is 0. The van der Waals surface area contributed by atoms with Crippen LogP contribution in [-0.4, -0.2) is 42.7 Å². The summed E-state index contributed by atoms with van der Waals surface area (Å²) in [6.45, 7) is 0. The third kappa shape index (κ3) is 3.03. The van der Waals surface area contributed by atoms with Crippen LogP contribution in [-0.2, 0) is 0 Å². The molecule has 0 amide bonds. The summed E-state index contributed by atoms with van der Waals surface area (Å²) in [6, 6.07) is 5.72. The van der Waals surface area contributed by atoms with Crippen molar-refractivity contribution in [3.05, 3.63) is 30.6 Å². The molecule has 1 nitrogen and oxygen atoms in total. The summed E-state index contributed by atoms with van der Waals surface area (Å²) in [7, 11) is 0. The fraction of sp³-hybridized carbons (Fsp3) is 0. The van der Waals surface area contributed by atoms with Gasteiger partial charge in [-0.25, -0.2) is 0 Å². The van der Waals surface area contributed by atoms with Gasteiger partial charge in [0.2, 0.25) is 0 Å². The first-order chi connectivity index (χ1) is 3.00. The Kier molecular flexibility index (Phi) is 4.83. The molecule has 34 valence electrons. The van der Waals surface area contributed by atoms with Crippen LogP contribution in [0.1, 0.15) is 0 Å². The van der Waals surface area contributed by atoms with E-state index in [4.69, 9.17) is 0 Å². The molecule has 2 heteroatoms. The molecular formula is C5H7CaN. The third-order valence-electron chi connectivity index (χ3n) is 0.566. The zero-order valence-corrected chi connectivity index (χ0v) is 3.33. The maximum atomic E-state index is 3.78. The van der Waals surface area contributed by atoms with Crippen LogP contribution in [0.3, 0.4) is 0 Å². The Morgan fingerprint density at radius 2 is 1.43 bits per heavy atom. The van der Waals surface area contributed by atoms with Gasteiger partial charge >= 0.3 is 37.7 Å². The van der Waals surface area contributed by atoms with Crippen LogP contribution < -0.4 is 0 Å². The number of aromatic nitrogens is 1. The van der Waals surface area contributed by atoms with E-state index in [0.717, 1.165) is 0 Å². The average molecular weight is 121 g/mol. The quantitative estimate of drug-likeness (QED) is 0.446. The van der Waals surface area contributed by atoms with Crippen molar-refractivity contribution >= 4 is 37.7 Å². The molecule has 1 rings (SSSR count). The van der Waals surface area contributed by atoms with E-state index in [9.17, 15) is 0 Å². The molecular weight excluding hydrogens is 114 g/mol. The van der Waals surface area contributed by atoms with E-state index in [1.54, 1.807) is 12.4 Å². The SMILES string of the molecule is [CaH2].c1ccncc1. The maximum absolute atomic E-state index is 3.78. The molecule has 0 aliphatic heterocycles. The summed E-state index contributed by atoms with van der Waals surface area (Å²) >= 11 is 0. The van der Waals surface area contributed by atoms with Gasteiger partial charge in [-0.3, -0.25) is 4.98 Å². The number of rotatable bonds is 0. The van der Waals surface area contributed by atoms with E-state index in [0.29, 0.717) is 0 Å². The normalized spacial score (nSPS) is 6.86. The van der Waals surface area contributed by atoms with Crippen molar-refractivity contribution in [2.24, 2.45) is 0 Å². The fourth-order valence-corrected chi connectivity index (χ4v) is 0.313. The Morgan fingerprint density at radius 1 is 0.857 bits per heavy atom. The Labute approximate surface area is 72.8 Å². The van der Waals surface area contributed by atoms with Gasteiger partial charge in [0.05, 0.1) is 0 Å². The Balaban J connectivity index is 0.000000360. The molecule has 0 atom stereocenters. The minimum atomic E-state index is 0. The Morgan fingerprint density at radius 3 is 1.57 bits per heavy atom. The van der Waals surface area contributed by atoms with Crippen molar-refractivity contribution in [2.45, 2.75) is 0 Å². The number of hydrogen-bond acceptors (Lipinski definition) is 1. The minimum absolute atomic E-state index is 0. The van der Waals surface area contributed by atoms with Gasteiger partial charge in [-0.05, 0) is 12.1 Å². The first-order valence-electron chi connectivity index (χ1n) is 1.85. The van der Waals surface area contributed by atoms with Crippen LogP contribution in [0, 0.1) is 0 Å². The second-order valence-corrected chi connectivity index (χ2v) is 1.02. The van der Waals surface area contributed by atoms with Gasteiger partial charge < -0.3 is 0 Å². The fourth-order valence-electron chi connectivity index (χ4n) is 0.313. The molecule has 0 spiro atoms. The first kappa shape index (κ1) is 7.41. The second-order valence-electron chi connectivity index (χ2n) is 1.02. The molecule has 0 radical (unpaired) electrons. The van der Waals surface area contributed by atoms with Gasteiger partial charge in [-0.2, -0.15) is 0 Å². The molecule has 0 aromatic carbocycles. The summed E-state index contributed by atoms with van der Waals surface area (Å²) < 4.78 is 0. The zero-order chi connectivity index (χ0) is 4.24. The van der Waals surface area contributed by atoms with Crippen LogP contribution in [0.4, 0.5) is 0 Å². The Bertz CT molecular complexity index is 80.0. The van der Waals surface area contributed by atoms with E-state index < -0.39 is 0 Å². The van der Waals surface area contributed by atoms with Crippen molar-refractivity contribution in [3.8, 4) is 0 Å². The van der Waals surface area contributed by atoms with Crippen LogP contribution in [0.2, 0.25) is 0 Å². The molecule has 1 aromatic rings. The van der Waals surface area contributed by atoms with Crippen LogP contribution in [0.15, 0.2) is 30.6 Å². The van der Waals surface area contributed by atoms with Gasteiger partial charge in [-0.1, -0.05) is 6.07 Å². The van der Waals surface area contributed by atoms with Crippen molar-refractivity contribution in [2.75, 3.05) is 0 Å². The zero-order valence-electron chi connectivity index (χ0n) is 3.33. The van der Waals surface area contributed by atoms with Crippen molar-refractivity contribution in [1.29, 1.82) is 0 Å². The van der Waals surface area contributed by atoms with E-state index in [1.807, 2.05) is 18.2 Å². The molecule has 7 heavy (non-hydrogen) atoms. The van der Waals surface area contributed by atoms with E-state index in [1.165, 1.54) is 0 Å². The molecule has 0 bridgehead atoms. The molecule has 0 fully saturated rings. The van der Waals surface area contributed by atoms with Gasteiger partial charge in [0.15, 0.2) is 0 Å². The van der Waals surface area contributed by atoms with Gasteiger partial charge in [0, 0.05) is 12.4 Å². The summed E-state index contributed by atoms with van der Waals surface area (Å²) in [4.78, 5) is 3.78. The average Bonchev–Trinajstić information content (AvgIpc) is 1.72. The maximum Gasteiger partial charge on any atom is 0.0267 e. The molecule has 0 unspecified atom stereocenters. The monoisotopic (exact) mass is 121 g/mol. The number of hydrogen-bond donors (Lipinski definition) is 0. The Hall–Kier alpha value is 0.410. The van der Waals surface area contributed by atoms with Crippen LogP contribution >= 0.6 is 0 Å². The summed E-state index contributed by atoms with van der Waals surface area (Å²) in [5.74, 6) is 0. The van der Waals surface area contributed by atoms with Crippen LogP contribution in [0.25, 0.3) is 0 Å². The van der Waals surface area contributed by atoms with Crippen molar-refractivity contribution in [3.63, 3.8) is 0 Å². The van der Waals surface area contributed by atoms with Gasteiger partial charge in [0.1, 0.15) is 0 Å². The molecule has 1 heterocycles. The molecule has 0 saturated heterocycles. The summed E-state index contributed by atoms with van der Waals surface area (Å²) in [5.41, 5.74) is 0. The predicted octanol–water partition coefficient (Wildman–Crippen LogP) is 0.165. The molecule has 0 saturated carbocycles. The summed E-state index contributed by atoms with van der Waals surface area (Å²) in [6.07, 6.45) is 3.50. The standard InChI is InChI=1S/C5H5N.Ca.2H/c1-2-4-6-5-3-1;;;/h1-5H;;;. The first-order valence-corrected chi connectivity index (χ1v) is 1.85. The number of nitrogens with zero attached hydrogens (tertiary/aromatic N) is 1. The van der Waals surface area contributed by atoms with Crippen molar-refractivity contribution in [1.82, 2.24) is 4.98 Å². The van der Waals surface area contributed by atoms with E-state index in [2.05, 4.69) is 4.98 Å². The smallest absolute Gasteiger partial charge is 0.0267 e. The molecule has 0 N–H and O–H groups in total. The van der Waals surface area contributed by atoms with Crippen molar-refractivity contribution < 1.29 is 0 Å². The topological polar surface area (TPSA) is 12.9 Å². The number of pyridine rings is 1. The predicted molar refractivity (Wildman–Crippen MR) is 32.8 cm³/mol. The second kappa shape index (κ2) is 4.57. The third-order valence-corrected chi connectivity index (χ3v) is 0.566. The van der Waals surface area contributed by atoms with E-state index >= 15 is 0 Å². The van der Waals surface area contributed by atoms with Crippen LogP contribution in [0.5, 0.6) is 0 Å².